The number of hydrogen-bond acceptors (Lipinski definition) is 4. The summed E-state index contributed by atoms with van der Waals surface area (Å²) >= 11 is 0. The molecule has 2 aromatic carbocycles. The Kier molecular flexibility index (Phi) is 6.09. The Hall–Kier alpha value is -3.64. The van der Waals surface area contributed by atoms with Gasteiger partial charge in [-0.25, -0.2) is 4.39 Å². The van der Waals surface area contributed by atoms with E-state index in [4.69, 9.17) is 0 Å². The van der Waals surface area contributed by atoms with Crippen LogP contribution in [0.3, 0.4) is 0 Å². The van der Waals surface area contributed by atoms with Crippen molar-refractivity contribution in [2.45, 2.75) is 25.4 Å². The minimum Gasteiger partial charge on any atom is -0.349 e. The molecule has 1 amide bonds. The second-order valence-electron chi connectivity index (χ2n) is 8.50. The first kappa shape index (κ1) is 21.2. The number of piperidine rings is 1. The summed E-state index contributed by atoms with van der Waals surface area (Å²) in [7, 11) is 0. The topological polar surface area (TPSA) is 58.1 Å². The van der Waals surface area contributed by atoms with Crippen LogP contribution >= 0.6 is 0 Å². The second-order valence-corrected chi connectivity index (χ2v) is 8.50. The smallest absolute Gasteiger partial charge is 0.253 e. The maximum absolute atomic E-state index is 13.4. The molecule has 5 rings (SSSR count). The van der Waals surface area contributed by atoms with E-state index in [0.29, 0.717) is 16.8 Å². The molecule has 4 aromatic rings. The van der Waals surface area contributed by atoms with Gasteiger partial charge in [-0.1, -0.05) is 24.3 Å². The third-order valence-corrected chi connectivity index (χ3v) is 6.14. The molecule has 0 aliphatic carbocycles. The third kappa shape index (κ3) is 5.07. The number of pyridine rings is 2. The molecule has 0 radical (unpaired) electrons. The van der Waals surface area contributed by atoms with Crippen molar-refractivity contribution >= 4 is 16.8 Å². The maximum Gasteiger partial charge on any atom is 0.253 e. The Morgan fingerprint density at radius 1 is 1.00 bits per heavy atom. The average Bonchev–Trinajstić information content (AvgIpc) is 2.85. The number of benzene rings is 2. The number of rotatable bonds is 5. The van der Waals surface area contributed by atoms with E-state index in [1.165, 1.54) is 17.7 Å². The fourth-order valence-electron chi connectivity index (χ4n) is 4.33. The zero-order valence-corrected chi connectivity index (χ0v) is 18.2. The molecule has 1 saturated heterocycles. The number of nitrogens with zero attached hydrogens (tertiary/aromatic N) is 3. The monoisotopic (exact) mass is 440 g/mol. The molecule has 0 bridgehead atoms. The summed E-state index contributed by atoms with van der Waals surface area (Å²) in [5.41, 5.74) is 4.15. The molecule has 1 aliphatic rings. The fraction of sp³-hybridized carbons (Fsp3) is 0.222. The van der Waals surface area contributed by atoms with Crippen LogP contribution in [0.1, 0.15) is 28.8 Å². The normalized spacial score (nSPS) is 14.9. The van der Waals surface area contributed by atoms with E-state index in [1.54, 1.807) is 30.5 Å². The quantitative estimate of drug-likeness (QED) is 0.483. The van der Waals surface area contributed by atoms with Crippen molar-refractivity contribution in [3.8, 4) is 11.3 Å². The Balaban J connectivity index is 1.14. The zero-order chi connectivity index (χ0) is 22.6. The minimum absolute atomic E-state index is 0.117. The largest absolute Gasteiger partial charge is 0.349 e. The van der Waals surface area contributed by atoms with E-state index >= 15 is 0 Å². The van der Waals surface area contributed by atoms with E-state index in [-0.39, 0.29) is 17.8 Å². The van der Waals surface area contributed by atoms with E-state index in [1.807, 2.05) is 12.3 Å². The molecule has 1 N–H and O–H groups in total. The highest BCUT2D eigenvalue weighted by atomic mass is 19.1. The van der Waals surface area contributed by atoms with Gasteiger partial charge in [-0.2, -0.15) is 0 Å². The zero-order valence-electron chi connectivity index (χ0n) is 18.2. The van der Waals surface area contributed by atoms with Gasteiger partial charge in [0.05, 0.1) is 16.8 Å². The lowest BCUT2D eigenvalue weighted by Gasteiger charge is -2.32. The van der Waals surface area contributed by atoms with Crippen LogP contribution in [0.5, 0.6) is 0 Å². The summed E-state index contributed by atoms with van der Waals surface area (Å²) in [5, 5.41) is 4.30. The lowest BCUT2D eigenvalue weighted by molar-refractivity contribution is 0.0908. The van der Waals surface area contributed by atoms with Crippen LogP contribution in [0.25, 0.3) is 22.2 Å². The average molecular weight is 441 g/mol. The van der Waals surface area contributed by atoms with Crippen LogP contribution in [-0.2, 0) is 6.54 Å². The van der Waals surface area contributed by atoms with Crippen LogP contribution < -0.4 is 5.32 Å². The van der Waals surface area contributed by atoms with Gasteiger partial charge in [-0.05, 0) is 60.9 Å². The SMILES string of the molecule is O=C(NC1CCN(Cc2ccc3ncccc3c2)CC1)c1ccc(-c2cccc(F)c2)nc1. The molecule has 0 saturated carbocycles. The highest BCUT2D eigenvalue weighted by Gasteiger charge is 2.21. The van der Waals surface area contributed by atoms with E-state index in [9.17, 15) is 9.18 Å². The first-order chi connectivity index (χ1) is 16.1. The van der Waals surface area contributed by atoms with Crippen molar-refractivity contribution in [2.75, 3.05) is 13.1 Å². The van der Waals surface area contributed by atoms with Crippen LogP contribution in [0.15, 0.2) is 79.1 Å². The van der Waals surface area contributed by atoms with Gasteiger partial charge < -0.3 is 5.32 Å². The van der Waals surface area contributed by atoms with Crippen LogP contribution in [0.2, 0.25) is 0 Å². The number of fused-ring (bicyclic) bond motifs is 1. The Labute approximate surface area is 192 Å². The predicted molar refractivity (Wildman–Crippen MR) is 127 cm³/mol. The summed E-state index contributed by atoms with van der Waals surface area (Å²) in [4.78, 5) is 23.8. The fourth-order valence-corrected chi connectivity index (χ4v) is 4.33. The summed E-state index contributed by atoms with van der Waals surface area (Å²) in [6, 6.07) is 20.4. The standard InChI is InChI=1S/C27H25FN4O/c28-23-5-1-3-21(16-23)26-9-7-22(17-30-26)27(33)31-24-10-13-32(14-11-24)18-19-6-8-25-20(15-19)4-2-12-29-25/h1-9,12,15-17,24H,10-11,13-14,18H2,(H,31,33). The van der Waals surface area contributed by atoms with Crippen molar-refractivity contribution < 1.29 is 9.18 Å². The van der Waals surface area contributed by atoms with Gasteiger partial charge in [0.1, 0.15) is 5.82 Å². The van der Waals surface area contributed by atoms with Crippen LogP contribution in [0.4, 0.5) is 4.39 Å². The maximum atomic E-state index is 13.4. The number of hydrogen-bond donors (Lipinski definition) is 1. The number of aromatic nitrogens is 2. The molecular weight excluding hydrogens is 415 g/mol. The van der Waals surface area contributed by atoms with Gasteiger partial charge in [0.15, 0.2) is 0 Å². The lowest BCUT2D eigenvalue weighted by Crippen LogP contribution is -2.44. The second kappa shape index (κ2) is 9.46. The van der Waals surface area contributed by atoms with Gasteiger partial charge in [-0.3, -0.25) is 19.7 Å². The number of amides is 1. The molecule has 1 aliphatic heterocycles. The van der Waals surface area contributed by atoms with Crippen LogP contribution in [0, 0.1) is 5.82 Å². The van der Waals surface area contributed by atoms with Gasteiger partial charge in [-0.15, -0.1) is 0 Å². The molecule has 1 fully saturated rings. The molecule has 3 heterocycles. The molecule has 0 unspecified atom stereocenters. The van der Waals surface area contributed by atoms with Crippen molar-refractivity contribution in [3.05, 3.63) is 96.1 Å². The number of carbonyl (C=O) groups is 1. The minimum atomic E-state index is -0.305. The van der Waals surface area contributed by atoms with Gasteiger partial charge in [0, 0.05) is 49.0 Å². The van der Waals surface area contributed by atoms with Crippen molar-refractivity contribution in [1.82, 2.24) is 20.2 Å². The summed E-state index contributed by atoms with van der Waals surface area (Å²) < 4.78 is 13.4. The van der Waals surface area contributed by atoms with E-state index in [0.717, 1.165) is 43.4 Å². The van der Waals surface area contributed by atoms with Gasteiger partial charge in [0.25, 0.3) is 5.91 Å². The Morgan fingerprint density at radius 2 is 1.88 bits per heavy atom. The predicted octanol–water partition coefficient (Wildman–Crippen LogP) is 4.83. The third-order valence-electron chi connectivity index (χ3n) is 6.14. The van der Waals surface area contributed by atoms with E-state index < -0.39 is 0 Å². The number of likely N-dealkylation sites (tertiary alicyclic amines) is 1. The Bertz CT molecular complexity index is 1270. The summed E-state index contributed by atoms with van der Waals surface area (Å²) in [6.07, 6.45) is 5.19. The molecule has 5 nitrogen and oxygen atoms in total. The number of nitrogens with one attached hydrogen (secondary N) is 1. The van der Waals surface area contributed by atoms with Crippen molar-refractivity contribution in [3.63, 3.8) is 0 Å². The first-order valence-electron chi connectivity index (χ1n) is 11.2. The van der Waals surface area contributed by atoms with Crippen molar-refractivity contribution in [1.29, 1.82) is 0 Å². The first-order valence-corrected chi connectivity index (χ1v) is 11.2. The van der Waals surface area contributed by atoms with Gasteiger partial charge >= 0.3 is 0 Å². The molecular formula is C27H25FN4O. The number of carbonyl (C=O) groups excluding carboxylic acids is 1. The molecule has 166 valence electrons. The van der Waals surface area contributed by atoms with Gasteiger partial charge in [0.2, 0.25) is 0 Å². The van der Waals surface area contributed by atoms with Crippen LogP contribution in [-0.4, -0.2) is 39.9 Å². The van der Waals surface area contributed by atoms with E-state index in [2.05, 4.69) is 44.5 Å². The summed E-state index contributed by atoms with van der Waals surface area (Å²) in [6.45, 7) is 2.77. The molecule has 6 heteroatoms. The molecule has 0 spiro atoms. The number of halogens is 1. The van der Waals surface area contributed by atoms with Crippen molar-refractivity contribution in [2.24, 2.45) is 0 Å². The molecule has 0 atom stereocenters. The summed E-state index contributed by atoms with van der Waals surface area (Å²) in [5.74, 6) is -0.422. The Morgan fingerprint density at radius 3 is 2.67 bits per heavy atom. The molecule has 2 aromatic heterocycles. The highest BCUT2D eigenvalue weighted by Crippen LogP contribution is 2.20. The molecule has 33 heavy (non-hydrogen) atoms. The highest BCUT2D eigenvalue weighted by molar-refractivity contribution is 5.94. The lowest BCUT2D eigenvalue weighted by atomic mass is 10.0.